The van der Waals surface area contributed by atoms with E-state index in [2.05, 4.69) is 5.32 Å². The fourth-order valence-corrected chi connectivity index (χ4v) is 3.58. The predicted octanol–water partition coefficient (Wildman–Crippen LogP) is 3.86. The summed E-state index contributed by atoms with van der Waals surface area (Å²) in [6, 6.07) is 11.7. The number of carbonyl (C=O) groups excluding carboxylic acids is 1. The van der Waals surface area contributed by atoms with E-state index in [-0.39, 0.29) is 11.4 Å². The quantitative estimate of drug-likeness (QED) is 0.867. The monoisotopic (exact) mass is 371 g/mol. The first-order valence-corrected chi connectivity index (χ1v) is 9.34. The van der Waals surface area contributed by atoms with Crippen molar-refractivity contribution in [1.82, 2.24) is 0 Å². The molecule has 122 valence electrons. The van der Waals surface area contributed by atoms with Crippen LogP contribution in [-0.4, -0.2) is 20.1 Å². The topological polar surface area (TPSA) is 63.2 Å². The predicted molar refractivity (Wildman–Crippen MR) is 93.8 cm³/mol. The third kappa shape index (κ3) is 5.53. The van der Waals surface area contributed by atoms with Gasteiger partial charge in [0.15, 0.2) is 9.84 Å². The molecule has 4 nitrogen and oxygen atoms in total. The fourth-order valence-electron chi connectivity index (χ4n) is 1.97. The Bertz CT molecular complexity index is 818. The second-order valence-corrected chi connectivity index (χ2v) is 8.10. The van der Waals surface area contributed by atoms with Gasteiger partial charge < -0.3 is 5.32 Å². The first-order valence-electron chi connectivity index (χ1n) is 6.76. The van der Waals surface area contributed by atoms with Crippen LogP contribution in [0.3, 0.4) is 0 Å². The van der Waals surface area contributed by atoms with Crippen molar-refractivity contribution in [2.24, 2.45) is 0 Å². The molecule has 0 unspecified atom stereocenters. The number of benzene rings is 2. The Labute approximate surface area is 145 Å². The number of hydrogen-bond acceptors (Lipinski definition) is 3. The molecule has 0 atom stereocenters. The van der Waals surface area contributed by atoms with Gasteiger partial charge in [-0.3, -0.25) is 4.79 Å². The Hall–Kier alpha value is -1.56. The highest BCUT2D eigenvalue weighted by atomic mass is 35.5. The molecule has 2 aromatic carbocycles. The second kappa shape index (κ2) is 7.34. The van der Waals surface area contributed by atoms with E-state index in [9.17, 15) is 13.2 Å². The summed E-state index contributed by atoms with van der Waals surface area (Å²) < 4.78 is 24.2. The van der Waals surface area contributed by atoms with Crippen molar-refractivity contribution in [3.8, 4) is 0 Å². The van der Waals surface area contributed by atoms with E-state index < -0.39 is 21.5 Å². The maximum Gasteiger partial charge on any atom is 0.239 e. The van der Waals surface area contributed by atoms with E-state index in [0.29, 0.717) is 15.6 Å². The highest BCUT2D eigenvalue weighted by molar-refractivity contribution is 7.91. The number of anilines is 1. The van der Waals surface area contributed by atoms with Gasteiger partial charge in [-0.25, -0.2) is 8.42 Å². The molecule has 1 N–H and O–H groups in total. The van der Waals surface area contributed by atoms with Gasteiger partial charge in [0.1, 0.15) is 5.75 Å². The summed E-state index contributed by atoms with van der Waals surface area (Å²) in [6.07, 6.45) is 0. The van der Waals surface area contributed by atoms with E-state index >= 15 is 0 Å². The normalized spacial score (nSPS) is 11.3. The third-order valence-corrected chi connectivity index (χ3v) is 5.10. The van der Waals surface area contributed by atoms with Crippen LogP contribution in [0.25, 0.3) is 0 Å². The van der Waals surface area contributed by atoms with Gasteiger partial charge in [0.2, 0.25) is 5.91 Å². The highest BCUT2D eigenvalue weighted by Crippen LogP contribution is 2.25. The average molecular weight is 372 g/mol. The maximum atomic E-state index is 12.1. The lowest BCUT2D eigenvalue weighted by Crippen LogP contribution is -2.24. The van der Waals surface area contributed by atoms with Crippen LogP contribution in [0.2, 0.25) is 10.0 Å². The lowest BCUT2D eigenvalue weighted by Gasteiger charge is -2.08. The van der Waals surface area contributed by atoms with Crippen molar-refractivity contribution in [3.63, 3.8) is 0 Å². The molecule has 0 aliphatic carbocycles. The van der Waals surface area contributed by atoms with Crippen molar-refractivity contribution in [3.05, 3.63) is 63.6 Å². The minimum atomic E-state index is -3.58. The summed E-state index contributed by atoms with van der Waals surface area (Å²) in [5, 5.41) is 3.15. The van der Waals surface area contributed by atoms with Crippen molar-refractivity contribution < 1.29 is 13.2 Å². The van der Waals surface area contributed by atoms with Crippen molar-refractivity contribution in [2.75, 3.05) is 11.1 Å². The zero-order valence-electron chi connectivity index (χ0n) is 12.3. The van der Waals surface area contributed by atoms with Gasteiger partial charge in [-0.15, -0.1) is 0 Å². The Kier molecular flexibility index (Phi) is 5.68. The van der Waals surface area contributed by atoms with Gasteiger partial charge in [0, 0.05) is 5.02 Å². The van der Waals surface area contributed by atoms with Gasteiger partial charge in [-0.2, -0.15) is 0 Å². The maximum absolute atomic E-state index is 12.1. The number of aryl methyl sites for hydroxylation is 1. The summed E-state index contributed by atoms with van der Waals surface area (Å²) >= 11 is 11.8. The molecule has 1 amide bonds. The van der Waals surface area contributed by atoms with Crippen molar-refractivity contribution in [1.29, 1.82) is 0 Å². The zero-order valence-corrected chi connectivity index (χ0v) is 14.7. The molecule has 0 heterocycles. The van der Waals surface area contributed by atoms with Crippen LogP contribution in [0.1, 0.15) is 11.1 Å². The third-order valence-electron chi connectivity index (χ3n) is 3.06. The molecule has 23 heavy (non-hydrogen) atoms. The molecule has 7 heteroatoms. The Balaban J connectivity index is 2.03. The minimum absolute atomic E-state index is 0.190. The number of sulfone groups is 1. The summed E-state index contributed by atoms with van der Waals surface area (Å²) in [4.78, 5) is 11.9. The van der Waals surface area contributed by atoms with Crippen LogP contribution in [0.5, 0.6) is 0 Å². The number of halogens is 2. The molecule has 0 fully saturated rings. The molecule has 2 aromatic rings. The summed E-state index contributed by atoms with van der Waals surface area (Å²) in [5.41, 5.74) is 1.97. The van der Waals surface area contributed by atoms with E-state index in [0.717, 1.165) is 5.56 Å². The molecule has 0 aromatic heterocycles. The van der Waals surface area contributed by atoms with Gasteiger partial charge in [0.05, 0.1) is 16.5 Å². The van der Waals surface area contributed by atoms with E-state index in [1.54, 1.807) is 18.2 Å². The first kappa shape index (κ1) is 17.8. The van der Waals surface area contributed by atoms with Crippen molar-refractivity contribution >= 4 is 44.6 Å². The largest absolute Gasteiger partial charge is 0.324 e. The second-order valence-electron chi connectivity index (χ2n) is 5.19. The van der Waals surface area contributed by atoms with Crippen molar-refractivity contribution in [2.45, 2.75) is 12.7 Å². The number of nitrogens with one attached hydrogen (secondary N) is 1. The van der Waals surface area contributed by atoms with E-state index in [4.69, 9.17) is 23.2 Å². The molecule has 0 saturated carbocycles. The molecular weight excluding hydrogens is 357 g/mol. The zero-order chi connectivity index (χ0) is 17.0. The molecule has 0 aliphatic rings. The Morgan fingerprint density at radius 2 is 1.74 bits per heavy atom. The molecular formula is C16H15Cl2NO3S. The Morgan fingerprint density at radius 1 is 1.09 bits per heavy atom. The Morgan fingerprint density at radius 3 is 2.39 bits per heavy atom. The van der Waals surface area contributed by atoms with Crippen LogP contribution in [-0.2, 0) is 20.4 Å². The summed E-state index contributed by atoms with van der Waals surface area (Å²) in [7, 11) is -3.58. The highest BCUT2D eigenvalue weighted by Gasteiger charge is 2.18. The SMILES string of the molecule is Cc1ccc(CS(=O)(=O)CC(=O)Nc2cc(Cl)ccc2Cl)cc1. The average Bonchev–Trinajstić information content (AvgIpc) is 2.44. The van der Waals surface area contributed by atoms with E-state index in [1.807, 2.05) is 19.1 Å². The molecule has 2 rings (SSSR count). The van der Waals surface area contributed by atoms with Gasteiger partial charge in [-0.05, 0) is 30.7 Å². The standard InChI is InChI=1S/C16H15Cl2NO3S/c1-11-2-4-12(5-3-11)9-23(21,22)10-16(20)19-15-8-13(17)6-7-14(15)18/h2-8H,9-10H2,1H3,(H,19,20). The van der Waals surface area contributed by atoms with Crippen LogP contribution in [0, 0.1) is 6.92 Å². The first-order chi connectivity index (χ1) is 10.7. The smallest absolute Gasteiger partial charge is 0.239 e. The number of hydrogen-bond donors (Lipinski definition) is 1. The van der Waals surface area contributed by atoms with Gasteiger partial charge >= 0.3 is 0 Å². The fraction of sp³-hybridized carbons (Fsp3) is 0.188. The van der Waals surface area contributed by atoms with Crippen LogP contribution in [0.4, 0.5) is 5.69 Å². The number of amides is 1. The summed E-state index contributed by atoms with van der Waals surface area (Å²) in [6.45, 7) is 1.92. The number of rotatable bonds is 5. The van der Waals surface area contributed by atoms with Crippen LogP contribution >= 0.6 is 23.2 Å². The van der Waals surface area contributed by atoms with Gasteiger partial charge in [0.25, 0.3) is 0 Å². The van der Waals surface area contributed by atoms with E-state index in [1.165, 1.54) is 12.1 Å². The number of carbonyl (C=O) groups is 1. The van der Waals surface area contributed by atoms with Crippen LogP contribution < -0.4 is 5.32 Å². The molecule has 0 aliphatic heterocycles. The summed E-state index contributed by atoms with van der Waals surface area (Å²) in [5.74, 6) is -1.46. The molecule has 0 saturated heterocycles. The minimum Gasteiger partial charge on any atom is -0.324 e. The molecule has 0 radical (unpaired) electrons. The van der Waals surface area contributed by atoms with Crippen LogP contribution in [0.15, 0.2) is 42.5 Å². The molecule has 0 bridgehead atoms. The molecule has 0 spiro atoms. The lowest BCUT2D eigenvalue weighted by atomic mass is 10.2. The van der Waals surface area contributed by atoms with Gasteiger partial charge in [-0.1, -0.05) is 53.0 Å². The lowest BCUT2D eigenvalue weighted by molar-refractivity contribution is -0.113.